The van der Waals surface area contributed by atoms with Crippen molar-refractivity contribution in [3.8, 4) is 5.88 Å². The lowest BCUT2D eigenvalue weighted by molar-refractivity contribution is -0.154. The van der Waals surface area contributed by atoms with Crippen LogP contribution in [0.2, 0.25) is 0 Å². The molecule has 26 heavy (non-hydrogen) atoms. The molecule has 0 amide bonds. The number of pyridine rings is 1. The Hall–Kier alpha value is -2.03. The third-order valence-electron chi connectivity index (χ3n) is 4.38. The van der Waals surface area contributed by atoms with Crippen LogP contribution in [0.1, 0.15) is 31.7 Å². The second-order valence-corrected chi connectivity index (χ2v) is 6.46. The number of fused-ring (bicyclic) bond motifs is 2. The molecule has 9 heteroatoms. The number of guanidine groups is 1. The normalized spacial score (nSPS) is 25.4. The highest BCUT2D eigenvalue weighted by Gasteiger charge is 2.41. The summed E-state index contributed by atoms with van der Waals surface area (Å²) in [5.41, 5.74) is 0.721. The van der Waals surface area contributed by atoms with E-state index in [4.69, 9.17) is 4.74 Å². The third-order valence-corrected chi connectivity index (χ3v) is 4.38. The Morgan fingerprint density at radius 1 is 1.42 bits per heavy atom. The molecule has 0 radical (unpaired) electrons. The van der Waals surface area contributed by atoms with Crippen molar-refractivity contribution in [3.05, 3.63) is 23.9 Å². The number of aliphatic imine (C=N–C) groups is 1. The molecule has 3 heterocycles. The second kappa shape index (κ2) is 8.11. The van der Waals surface area contributed by atoms with Gasteiger partial charge in [0, 0.05) is 18.8 Å². The number of ether oxygens (including phenoxy) is 2. The maximum atomic E-state index is 12.2. The predicted octanol–water partition coefficient (Wildman–Crippen LogP) is 2.40. The minimum Gasteiger partial charge on any atom is -0.468 e. The van der Waals surface area contributed by atoms with E-state index in [1.54, 1.807) is 6.07 Å². The maximum absolute atomic E-state index is 12.2. The largest absolute Gasteiger partial charge is 0.468 e. The van der Waals surface area contributed by atoms with E-state index in [9.17, 15) is 13.2 Å². The molecule has 3 unspecified atom stereocenters. The Labute approximate surface area is 150 Å². The Balaban J connectivity index is 1.58. The summed E-state index contributed by atoms with van der Waals surface area (Å²) in [5.74, 6) is 0.609. The van der Waals surface area contributed by atoms with Crippen molar-refractivity contribution in [1.29, 1.82) is 0 Å². The first-order chi connectivity index (χ1) is 12.4. The minimum absolute atomic E-state index is 0.0607. The molecule has 1 aromatic heterocycles. The molecular formula is C17H23F3N4O2. The lowest BCUT2D eigenvalue weighted by Crippen LogP contribution is -2.47. The zero-order chi connectivity index (χ0) is 18.6. The van der Waals surface area contributed by atoms with Gasteiger partial charge in [0.05, 0.1) is 24.8 Å². The van der Waals surface area contributed by atoms with Crippen LogP contribution in [-0.2, 0) is 11.3 Å². The smallest absolute Gasteiger partial charge is 0.422 e. The van der Waals surface area contributed by atoms with Gasteiger partial charge in [0.1, 0.15) is 0 Å². The Kier molecular flexibility index (Phi) is 5.85. The van der Waals surface area contributed by atoms with Crippen LogP contribution in [0.5, 0.6) is 5.88 Å². The zero-order valence-corrected chi connectivity index (χ0v) is 14.6. The fraction of sp³-hybridized carbons (Fsp3) is 0.647. The lowest BCUT2D eigenvalue weighted by Gasteiger charge is -2.22. The van der Waals surface area contributed by atoms with Gasteiger partial charge in [-0.25, -0.2) is 9.98 Å². The van der Waals surface area contributed by atoms with E-state index >= 15 is 0 Å². The van der Waals surface area contributed by atoms with E-state index in [1.807, 2.05) is 6.92 Å². The van der Waals surface area contributed by atoms with E-state index in [0.717, 1.165) is 24.8 Å². The molecule has 2 bridgehead atoms. The van der Waals surface area contributed by atoms with Crippen molar-refractivity contribution >= 4 is 5.96 Å². The standard InChI is InChI=1S/C17H23F3N4O2/c1-2-21-16(24-13-8-12-3-4-14(13)26-12)23-9-11-5-6-22-15(7-11)25-10-17(18,19)20/h5-7,12-14H,2-4,8-10H2,1H3,(H2,21,23,24). The molecule has 2 N–H and O–H groups in total. The van der Waals surface area contributed by atoms with E-state index < -0.39 is 12.8 Å². The first kappa shape index (κ1) is 18.8. The molecule has 2 saturated heterocycles. The fourth-order valence-electron chi connectivity index (χ4n) is 3.24. The summed E-state index contributed by atoms with van der Waals surface area (Å²) in [6.45, 7) is 1.64. The van der Waals surface area contributed by atoms with Crippen molar-refractivity contribution in [2.45, 2.75) is 57.2 Å². The summed E-state index contributed by atoms with van der Waals surface area (Å²) in [6.07, 6.45) is 0.752. The first-order valence-corrected chi connectivity index (χ1v) is 8.77. The highest BCUT2D eigenvalue weighted by atomic mass is 19.4. The molecule has 0 aromatic carbocycles. The molecular weight excluding hydrogens is 349 g/mol. The molecule has 2 aliphatic rings. The van der Waals surface area contributed by atoms with Crippen molar-refractivity contribution in [3.63, 3.8) is 0 Å². The van der Waals surface area contributed by atoms with Gasteiger partial charge in [0.25, 0.3) is 0 Å². The topological polar surface area (TPSA) is 67.8 Å². The minimum atomic E-state index is -4.39. The van der Waals surface area contributed by atoms with Gasteiger partial charge >= 0.3 is 6.18 Å². The molecule has 6 nitrogen and oxygen atoms in total. The summed E-state index contributed by atoms with van der Waals surface area (Å²) in [5, 5.41) is 6.58. The van der Waals surface area contributed by atoms with Gasteiger partial charge in [0.15, 0.2) is 12.6 Å². The Bertz CT molecular complexity index is 639. The van der Waals surface area contributed by atoms with Crippen molar-refractivity contribution in [2.24, 2.45) is 4.99 Å². The number of halogens is 3. The SMILES string of the molecule is CCNC(=NCc1ccnc(OCC(F)(F)F)c1)NC1CC2CCC1O2. The highest BCUT2D eigenvalue weighted by Crippen LogP contribution is 2.34. The van der Waals surface area contributed by atoms with Gasteiger partial charge in [-0.05, 0) is 37.8 Å². The molecule has 2 fully saturated rings. The second-order valence-electron chi connectivity index (χ2n) is 6.46. The van der Waals surface area contributed by atoms with Gasteiger partial charge in [-0.2, -0.15) is 13.2 Å². The number of alkyl halides is 3. The quantitative estimate of drug-likeness (QED) is 0.593. The predicted molar refractivity (Wildman–Crippen MR) is 90.0 cm³/mol. The van der Waals surface area contributed by atoms with Crippen LogP contribution in [0.25, 0.3) is 0 Å². The van der Waals surface area contributed by atoms with Crippen molar-refractivity contribution < 1.29 is 22.6 Å². The summed E-state index contributed by atoms with van der Waals surface area (Å²) in [6, 6.07) is 3.42. The maximum Gasteiger partial charge on any atom is 0.422 e. The van der Waals surface area contributed by atoms with Gasteiger partial charge in [0.2, 0.25) is 5.88 Å². The van der Waals surface area contributed by atoms with Gasteiger partial charge in [-0.3, -0.25) is 0 Å². The number of aromatic nitrogens is 1. The molecule has 144 valence electrons. The summed E-state index contributed by atoms with van der Waals surface area (Å²) >= 11 is 0. The van der Waals surface area contributed by atoms with Crippen LogP contribution >= 0.6 is 0 Å². The van der Waals surface area contributed by atoms with Crippen LogP contribution in [0.15, 0.2) is 23.3 Å². The van der Waals surface area contributed by atoms with Crippen LogP contribution in [0, 0.1) is 0 Å². The van der Waals surface area contributed by atoms with Crippen LogP contribution in [0.3, 0.4) is 0 Å². The van der Waals surface area contributed by atoms with Crippen LogP contribution < -0.4 is 15.4 Å². The summed E-state index contributed by atoms with van der Waals surface area (Å²) in [7, 11) is 0. The summed E-state index contributed by atoms with van der Waals surface area (Å²) < 4.78 is 47.2. The number of rotatable bonds is 6. The zero-order valence-electron chi connectivity index (χ0n) is 14.6. The monoisotopic (exact) mass is 372 g/mol. The molecule has 2 aliphatic heterocycles. The number of hydrogen-bond donors (Lipinski definition) is 2. The third kappa shape index (κ3) is 5.23. The number of nitrogens with zero attached hydrogens (tertiary/aromatic N) is 2. The van der Waals surface area contributed by atoms with Crippen LogP contribution in [0.4, 0.5) is 13.2 Å². The molecule has 0 aliphatic carbocycles. The van der Waals surface area contributed by atoms with Gasteiger partial charge < -0.3 is 20.1 Å². The van der Waals surface area contributed by atoms with Crippen LogP contribution in [-0.4, -0.2) is 48.5 Å². The lowest BCUT2D eigenvalue weighted by atomic mass is 9.96. The van der Waals surface area contributed by atoms with Crippen molar-refractivity contribution in [1.82, 2.24) is 15.6 Å². The first-order valence-electron chi connectivity index (χ1n) is 8.77. The number of nitrogens with one attached hydrogen (secondary N) is 2. The average Bonchev–Trinajstić information content (AvgIpc) is 3.21. The van der Waals surface area contributed by atoms with Gasteiger partial charge in [-0.15, -0.1) is 0 Å². The molecule has 1 aromatic rings. The van der Waals surface area contributed by atoms with Crippen molar-refractivity contribution in [2.75, 3.05) is 13.2 Å². The summed E-state index contributed by atoms with van der Waals surface area (Å²) in [4.78, 5) is 8.31. The van der Waals surface area contributed by atoms with Gasteiger partial charge in [-0.1, -0.05) is 0 Å². The van der Waals surface area contributed by atoms with E-state index in [-0.39, 0.29) is 18.0 Å². The highest BCUT2D eigenvalue weighted by molar-refractivity contribution is 5.80. The average molecular weight is 372 g/mol. The molecule has 0 spiro atoms. The number of hydrogen-bond acceptors (Lipinski definition) is 4. The van der Waals surface area contributed by atoms with E-state index in [0.29, 0.717) is 25.2 Å². The Morgan fingerprint density at radius 3 is 2.92 bits per heavy atom. The van der Waals surface area contributed by atoms with E-state index in [1.165, 1.54) is 12.3 Å². The fourth-order valence-corrected chi connectivity index (χ4v) is 3.24. The Morgan fingerprint density at radius 2 is 2.27 bits per heavy atom. The molecule has 0 saturated carbocycles. The molecule has 3 atom stereocenters. The van der Waals surface area contributed by atoms with E-state index in [2.05, 4.69) is 25.3 Å². The molecule has 3 rings (SSSR count).